The van der Waals surface area contributed by atoms with Crippen molar-refractivity contribution in [1.29, 1.82) is 0 Å². The zero-order valence-electron chi connectivity index (χ0n) is 12.3. The summed E-state index contributed by atoms with van der Waals surface area (Å²) in [7, 11) is 3.99. The molecule has 0 atom stereocenters. The molecule has 0 aromatic heterocycles. The van der Waals surface area contributed by atoms with Crippen molar-refractivity contribution in [2.45, 2.75) is 6.42 Å². The van der Waals surface area contributed by atoms with E-state index < -0.39 is 0 Å². The van der Waals surface area contributed by atoms with Gasteiger partial charge in [-0.3, -0.25) is 14.5 Å². The van der Waals surface area contributed by atoms with Crippen molar-refractivity contribution >= 4 is 11.8 Å². The fraction of sp³-hybridized carbons (Fsp3) is 0.467. The Kier molecular flexibility index (Phi) is 4.93. The van der Waals surface area contributed by atoms with E-state index in [2.05, 4.69) is 4.90 Å². The van der Waals surface area contributed by atoms with Gasteiger partial charge in [0, 0.05) is 6.54 Å². The molecule has 0 bridgehead atoms. The smallest absolute Gasteiger partial charge is 0.261 e. The van der Waals surface area contributed by atoms with Gasteiger partial charge in [-0.05, 0) is 38.7 Å². The summed E-state index contributed by atoms with van der Waals surface area (Å²) in [6, 6.07) is 4.90. The van der Waals surface area contributed by atoms with Crippen molar-refractivity contribution in [1.82, 2.24) is 9.80 Å². The van der Waals surface area contributed by atoms with E-state index in [9.17, 15) is 9.59 Å². The molecule has 1 aliphatic rings. The fourth-order valence-electron chi connectivity index (χ4n) is 2.23. The highest BCUT2D eigenvalue weighted by Crippen LogP contribution is 2.26. The molecule has 1 aromatic carbocycles. The Labute approximate surface area is 123 Å². The maximum atomic E-state index is 12.1. The van der Waals surface area contributed by atoms with E-state index in [0.717, 1.165) is 17.9 Å². The van der Waals surface area contributed by atoms with Crippen LogP contribution in [-0.4, -0.2) is 67.1 Å². The highest BCUT2D eigenvalue weighted by molar-refractivity contribution is 6.21. The summed E-state index contributed by atoms with van der Waals surface area (Å²) in [5.74, 6) is -0.148. The van der Waals surface area contributed by atoms with Crippen LogP contribution >= 0.6 is 0 Å². The number of amides is 2. The molecule has 6 nitrogen and oxygen atoms in total. The predicted octanol–water partition coefficient (Wildman–Crippen LogP) is 0.605. The number of imide groups is 1. The van der Waals surface area contributed by atoms with Gasteiger partial charge in [0.1, 0.15) is 5.75 Å². The van der Waals surface area contributed by atoms with Crippen molar-refractivity contribution in [3.8, 4) is 5.75 Å². The lowest BCUT2D eigenvalue weighted by atomic mass is 10.1. The minimum absolute atomic E-state index is 0.0192. The highest BCUT2D eigenvalue weighted by Gasteiger charge is 2.35. The molecule has 21 heavy (non-hydrogen) atoms. The van der Waals surface area contributed by atoms with E-state index in [4.69, 9.17) is 9.84 Å². The molecule has 0 radical (unpaired) electrons. The maximum absolute atomic E-state index is 12.1. The van der Waals surface area contributed by atoms with Crippen LogP contribution in [0.4, 0.5) is 0 Å². The van der Waals surface area contributed by atoms with Crippen LogP contribution in [0.25, 0.3) is 0 Å². The van der Waals surface area contributed by atoms with Gasteiger partial charge in [0.25, 0.3) is 11.8 Å². The van der Waals surface area contributed by atoms with Crippen molar-refractivity contribution in [3.05, 3.63) is 29.3 Å². The molecule has 1 aliphatic heterocycles. The molecular formula is C15H20N2O4. The van der Waals surface area contributed by atoms with Gasteiger partial charge in [-0.2, -0.15) is 0 Å². The zero-order valence-corrected chi connectivity index (χ0v) is 12.3. The third-order valence-corrected chi connectivity index (χ3v) is 3.28. The number of carbonyl (C=O) groups excluding carboxylic acids is 2. The van der Waals surface area contributed by atoms with Gasteiger partial charge in [0.05, 0.1) is 30.9 Å². The molecule has 0 fully saturated rings. The summed E-state index contributed by atoms with van der Waals surface area (Å²) in [5.41, 5.74) is 0.715. The molecule has 0 aliphatic carbocycles. The van der Waals surface area contributed by atoms with Crippen molar-refractivity contribution in [2.75, 3.05) is 40.4 Å². The SMILES string of the molecule is CN(C)CCCOc1ccc2c(c1)C(=O)N(CCO)C2=O. The number of benzene rings is 1. The lowest BCUT2D eigenvalue weighted by Gasteiger charge is -2.11. The molecule has 1 N–H and O–H groups in total. The number of rotatable bonds is 7. The topological polar surface area (TPSA) is 70.1 Å². The number of aliphatic hydroxyl groups excluding tert-OH is 1. The Morgan fingerprint density at radius 2 is 1.90 bits per heavy atom. The quantitative estimate of drug-likeness (QED) is 0.589. The van der Waals surface area contributed by atoms with Crippen LogP contribution in [0.5, 0.6) is 5.75 Å². The molecule has 6 heteroatoms. The summed E-state index contributed by atoms with van der Waals surface area (Å²) in [6.45, 7) is 1.26. The average Bonchev–Trinajstić information content (AvgIpc) is 2.69. The summed E-state index contributed by atoms with van der Waals surface area (Å²) in [5, 5.41) is 8.91. The van der Waals surface area contributed by atoms with E-state index in [0.29, 0.717) is 23.5 Å². The van der Waals surface area contributed by atoms with Crippen LogP contribution in [0.3, 0.4) is 0 Å². The lowest BCUT2D eigenvalue weighted by Crippen LogP contribution is -2.32. The first-order valence-corrected chi connectivity index (χ1v) is 6.93. The van der Waals surface area contributed by atoms with Gasteiger partial charge in [0.15, 0.2) is 0 Å². The molecule has 1 heterocycles. The van der Waals surface area contributed by atoms with E-state index in [1.165, 1.54) is 0 Å². The molecule has 0 spiro atoms. The van der Waals surface area contributed by atoms with E-state index >= 15 is 0 Å². The number of aliphatic hydroxyl groups is 1. The first-order valence-electron chi connectivity index (χ1n) is 6.93. The second-order valence-corrected chi connectivity index (χ2v) is 5.20. The van der Waals surface area contributed by atoms with Gasteiger partial charge in [-0.15, -0.1) is 0 Å². The second kappa shape index (κ2) is 6.69. The number of nitrogens with zero attached hydrogens (tertiary/aromatic N) is 2. The normalized spacial score (nSPS) is 14.0. The third-order valence-electron chi connectivity index (χ3n) is 3.28. The standard InChI is InChI=1S/C15H20N2O4/c1-16(2)6-3-9-21-11-4-5-12-13(10-11)15(20)17(7-8-18)14(12)19/h4-5,10,18H,3,6-9H2,1-2H3. The Morgan fingerprint density at radius 3 is 2.57 bits per heavy atom. The Hall–Kier alpha value is -1.92. The van der Waals surface area contributed by atoms with Gasteiger partial charge >= 0.3 is 0 Å². The van der Waals surface area contributed by atoms with Crippen LogP contribution < -0.4 is 4.74 Å². The molecule has 114 valence electrons. The lowest BCUT2D eigenvalue weighted by molar-refractivity contribution is 0.0624. The van der Waals surface area contributed by atoms with Crippen LogP contribution in [0.2, 0.25) is 0 Å². The van der Waals surface area contributed by atoms with Gasteiger partial charge < -0.3 is 14.7 Å². The van der Waals surface area contributed by atoms with Crippen LogP contribution in [-0.2, 0) is 0 Å². The maximum Gasteiger partial charge on any atom is 0.261 e. The number of ether oxygens (including phenoxy) is 1. The van der Waals surface area contributed by atoms with E-state index in [1.807, 2.05) is 14.1 Å². The van der Waals surface area contributed by atoms with Gasteiger partial charge in [-0.1, -0.05) is 0 Å². The molecule has 0 saturated heterocycles. The first kappa shape index (κ1) is 15.5. The fourth-order valence-corrected chi connectivity index (χ4v) is 2.23. The van der Waals surface area contributed by atoms with Crippen LogP contribution in [0.1, 0.15) is 27.1 Å². The Morgan fingerprint density at radius 1 is 1.19 bits per heavy atom. The summed E-state index contributed by atoms with van der Waals surface area (Å²) < 4.78 is 5.60. The minimum atomic E-state index is -0.372. The Bertz CT molecular complexity index is 542. The van der Waals surface area contributed by atoms with E-state index in [-0.39, 0.29) is 25.0 Å². The Balaban J connectivity index is 2.04. The van der Waals surface area contributed by atoms with Gasteiger partial charge in [0.2, 0.25) is 0 Å². The monoisotopic (exact) mass is 292 g/mol. The highest BCUT2D eigenvalue weighted by atomic mass is 16.5. The largest absolute Gasteiger partial charge is 0.494 e. The molecule has 2 rings (SSSR count). The minimum Gasteiger partial charge on any atom is -0.494 e. The molecule has 1 aromatic rings. The average molecular weight is 292 g/mol. The van der Waals surface area contributed by atoms with Crippen molar-refractivity contribution in [3.63, 3.8) is 0 Å². The number of β-amino-alcohol motifs (C(OH)–C–C–N with tert-alkyl or cyclic N) is 1. The number of carbonyl (C=O) groups is 2. The predicted molar refractivity (Wildman–Crippen MR) is 77.6 cm³/mol. The summed E-state index contributed by atoms with van der Waals surface area (Å²) in [4.78, 5) is 27.2. The van der Waals surface area contributed by atoms with Gasteiger partial charge in [-0.25, -0.2) is 0 Å². The van der Waals surface area contributed by atoms with Crippen LogP contribution in [0, 0.1) is 0 Å². The first-order chi connectivity index (χ1) is 10.0. The number of fused-ring (bicyclic) bond motifs is 1. The molecule has 0 unspecified atom stereocenters. The summed E-state index contributed by atoms with van der Waals surface area (Å²) >= 11 is 0. The van der Waals surface area contributed by atoms with E-state index in [1.54, 1.807) is 18.2 Å². The number of hydrogen-bond acceptors (Lipinski definition) is 5. The van der Waals surface area contributed by atoms with Crippen LogP contribution in [0.15, 0.2) is 18.2 Å². The molecule has 2 amide bonds. The van der Waals surface area contributed by atoms with Crippen molar-refractivity contribution < 1.29 is 19.4 Å². The number of hydrogen-bond donors (Lipinski definition) is 1. The summed E-state index contributed by atoms with van der Waals surface area (Å²) in [6.07, 6.45) is 0.883. The molecular weight excluding hydrogens is 272 g/mol. The van der Waals surface area contributed by atoms with Crippen molar-refractivity contribution in [2.24, 2.45) is 0 Å². The third kappa shape index (κ3) is 3.40. The second-order valence-electron chi connectivity index (χ2n) is 5.20. The molecule has 0 saturated carbocycles. The zero-order chi connectivity index (χ0) is 15.4.